The van der Waals surface area contributed by atoms with Gasteiger partial charge in [-0.05, 0) is 50.0 Å². The molecular weight excluding hydrogens is 385 g/mol. The van der Waals surface area contributed by atoms with E-state index in [0.717, 1.165) is 31.6 Å². The predicted octanol–water partition coefficient (Wildman–Crippen LogP) is 2.28. The first kappa shape index (κ1) is 20.5. The molecule has 1 fully saturated rings. The van der Waals surface area contributed by atoms with E-state index in [-0.39, 0.29) is 23.3 Å². The summed E-state index contributed by atoms with van der Waals surface area (Å²) < 4.78 is 15.1. The third-order valence-corrected chi connectivity index (χ3v) is 5.74. The summed E-state index contributed by atoms with van der Waals surface area (Å²) in [6.07, 6.45) is 4.45. The van der Waals surface area contributed by atoms with Gasteiger partial charge < -0.3 is 15.1 Å². The van der Waals surface area contributed by atoms with E-state index in [1.165, 1.54) is 31.4 Å². The van der Waals surface area contributed by atoms with Crippen LogP contribution in [-0.4, -0.2) is 64.1 Å². The van der Waals surface area contributed by atoms with E-state index in [0.29, 0.717) is 31.9 Å². The molecule has 0 radical (unpaired) electrons. The number of carbonyl (C=O) groups excluding carboxylic acids is 2. The van der Waals surface area contributed by atoms with Crippen LogP contribution in [0.5, 0.6) is 0 Å². The smallest absolute Gasteiger partial charge is 0.272 e. The Morgan fingerprint density at radius 2 is 1.90 bits per heavy atom. The molecule has 8 heteroatoms. The Morgan fingerprint density at radius 1 is 1.07 bits per heavy atom. The molecule has 0 atom stereocenters. The number of benzene rings is 1. The summed E-state index contributed by atoms with van der Waals surface area (Å²) in [6.45, 7) is 5.05. The molecular formula is C22H28FN5O2. The number of aromatic nitrogens is 2. The molecule has 1 saturated heterocycles. The molecule has 2 aromatic rings. The SMILES string of the molecule is O=C(NCCN1CCCCC1)c1cc2n(n1)CCCN(Cc1cccc(F)c1)C2=O. The Labute approximate surface area is 175 Å². The summed E-state index contributed by atoms with van der Waals surface area (Å²) in [7, 11) is 0. The molecule has 160 valence electrons. The fourth-order valence-corrected chi connectivity index (χ4v) is 4.15. The van der Waals surface area contributed by atoms with E-state index >= 15 is 0 Å². The molecule has 3 heterocycles. The second kappa shape index (κ2) is 9.38. The van der Waals surface area contributed by atoms with Gasteiger partial charge in [0.2, 0.25) is 0 Å². The molecule has 0 spiro atoms. The van der Waals surface area contributed by atoms with Crippen molar-refractivity contribution >= 4 is 11.8 Å². The standard InChI is InChI=1S/C22H28FN5O2/c23-18-7-4-6-17(14-18)16-27-11-5-12-28-20(22(27)30)15-19(25-28)21(29)24-8-13-26-9-2-1-3-10-26/h4,6-7,14-15H,1-3,5,8-13,16H2,(H,24,29). The molecule has 4 rings (SSSR count). The van der Waals surface area contributed by atoms with E-state index in [1.54, 1.807) is 27.8 Å². The second-order valence-electron chi connectivity index (χ2n) is 8.01. The van der Waals surface area contributed by atoms with Crippen molar-refractivity contribution in [3.63, 3.8) is 0 Å². The molecule has 7 nitrogen and oxygen atoms in total. The van der Waals surface area contributed by atoms with Crippen LogP contribution in [0.1, 0.15) is 52.2 Å². The molecule has 1 N–H and O–H groups in total. The Bertz CT molecular complexity index is 907. The van der Waals surface area contributed by atoms with Crippen LogP contribution in [-0.2, 0) is 13.1 Å². The molecule has 0 unspecified atom stereocenters. The minimum Gasteiger partial charge on any atom is -0.349 e. The van der Waals surface area contributed by atoms with E-state index < -0.39 is 0 Å². The molecule has 2 aliphatic heterocycles. The van der Waals surface area contributed by atoms with Crippen LogP contribution in [0.25, 0.3) is 0 Å². The van der Waals surface area contributed by atoms with Crippen LogP contribution in [0.3, 0.4) is 0 Å². The average Bonchev–Trinajstić information content (AvgIpc) is 3.12. The highest BCUT2D eigenvalue weighted by Gasteiger charge is 2.26. The maximum Gasteiger partial charge on any atom is 0.272 e. The topological polar surface area (TPSA) is 70.5 Å². The largest absolute Gasteiger partial charge is 0.349 e. The van der Waals surface area contributed by atoms with Gasteiger partial charge >= 0.3 is 0 Å². The van der Waals surface area contributed by atoms with E-state index in [4.69, 9.17) is 0 Å². The highest BCUT2D eigenvalue weighted by Crippen LogP contribution is 2.17. The number of nitrogens with one attached hydrogen (secondary N) is 1. The molecule has 30 heavy (non-hydrogen) atoms. The number of carbonyl (C=O) groups is 2. The van der Waals surface area contributed by atoms with Gasteiger partial charge in [-0.15, -0.1) is 0 Å². The minimum atomic E-state index is -0.316. The lowest BCUT2D eigenvalue weighted by Crippen LogP contribution is -2.37. The van der Waals surface area contributed by atoms with Crippen molar-refractivity contribution in [3.8, 4) is 0 Å². The van der Waals surface area contributed by atoms with Crippen molar-refractivity contribution in [3.05, 3.63) is 53.1 Å². The molecule has 1 aromatic heterocycles. The fraction of sp³-hybridized carbons (Fsp3) is 0.500. The van der Waals surface area contributed by atoms with Gasteiger partial charge in [-0.1, -0.05) is 18.6 Å². The summed E-state index contributed by atoms with van der Waals surface area (Å²) in [5.74, 6) is -0.753. The van der Waals surface area contributed by atoms with Gasteiger partial charge in [0.25, 0.3) is 11.8 Å². The molecule has 2 amide bonds. The lowest BCUT2D eigenvalue weighted by molar-refractivity contribution is 0.0745. The lowest BCUT2D eigenvalue weighted by Gasteiger charge is -2.26. The highest BCUT2D eigenvalue weighted by molar-refractivity contribution is 5.98. The zero-order valence-electron chi connectivity index (χ0n) is 17.1. The Morgan fingerprint density at radius 3 is 2.70 bits per heavy atom. The van der Waals surface area contributed by atoms with Crippen LogP contribution < -0.4 is 5.32 Å². The Kier molecular flexibility index (Phi) is 6.42. The van der Waals surface area contributed by atoms with Crippen molar-refractivity contribution in [2.45, 2.75) is 38.8 Å². The monoisotopic (exact) mass is 413 g/mol. The third-order valence-electron chi connectivity index (χ3n) is 5.74. The van der Waals surface area contributed by atoms with Crippen molar-refractivity contribution < 1.29 is 14.0 Å². The van der Waals surface area contributed by atoms with Crippen LogP contribution in [0.15, 0.2) is 30.3 Å². The van der Waals surface area contributed by atoms with Crippen LogP contribution in [0.2, 0.25) is 0 Å². The maximum atomic E-state index is 13.5. The second-order valence-corrected chi connectivity index (χ2v) is 8.01. The number of hydrogen-bond acceptors (Lipinski definition) is 4. The molecule has 0 aliphatic carbocycles. The van der Waals surface area contributed by atoms with Gasteiger partial charge in [0, 0.05) is 38.8 Å². The first-order valence-corrected chi connectivity index (χ1v) is 10.7. The number of likely N-dealkylation sites (tertiary alicyclic amines) is 1. The average molecular weight is 413 g/mol. The fourth-order valence-electron chi connectivity index (χ4n) is 4.15. The normalized spacial score (nSPS) is 17.5. The number of rotatable bonds is 6. The lowest BCUT2D eigenvalue weighted by atomic mass is 10.1. The van der Waals surface area contributed by atoms with Gasteiger partial charge in [-0.25, -0.2) is 4.39 Å². The number of hydrogen-bond donors (Lipinski definition) is 1. The van der Waals surface area contributed by atoms with E-state index in [2.05, 4.69) is 15.3 Å². The van der Waals surface area contributed by atoms with Crippen LogP contribution in [0, 0.1) is 5.82 Å². The van der Waals surface area contributed by atoms with Gasteiger partial charge in [-0.2, -0.15) is 5.10 Å². The number of piperidine rings is 1. The first-order valence-electron chi connectivity index (χ1n) is 10.7. The summed E-state index contributed by atoms with van der Waals surface area (Å²) in [6, 6.07) is 7.85. The first-order chi connectivity index (χ1) is 14.6. The molecule has 0 bridgehead atoms. The van der Waals surface area contributed by atoms with Crippen molar-refractivity contribution in [1.29, 1.82) is 0 Å². The summed E-state index contributed by atoms with van der Waals surface area (Å²) in [5.41, 5.74) is 1.42. The van der Waals surface area contributed by atoms with Crippen LogP contribution >= 0.6 is 0 Å². The quantitative estimate of drug-likeness (QED) is 0.789. The van der Waals surface area contributed by atoms with Crippen molar-refractivity contribution in [2.24, 2.45) is 0 Å². The number of fused-ring (bicyclic) bond motifs is 1. The Balaban J connectivity index is 1.38. The predicted molar refractivity (Wildman–Crippen MR) is 111 cm³/mol. The number of nitrogens with zero attached hydrogens (tertiary/aromatic N) is 4. The maximum absolute atomic E-state index is 13.5. The van der Waals surface area contributed by atoms with Gasteiger partial charge in [0.1, 0.15) is 11.5 Å². The zero-order chi connectivity index (χ0) is 20.9. The third kappa shape index (κ3) is 4.87. The van der Waals surface area contributed by atoms with E-state index in [9.17, 15) is 14.0 Å². The summed E-state index contributed by atoms with van der Waals surface area (Å²) >= 11 is 0. The van der Waals surface area contributed by atoms with Gasteiger partial charge in [-0.3, -0.25) is 14.3 Å². The summed E-state index contributed by atoms with van der Waals surface area (Å²) in [4.78, 5) is 29.6. The molecule has 2 aliphatic rings. The Hall–Kier alpha value is -2.74. The molecule has 0 saturated carbocycles. The highest BCUT2D eigenvalue weighted by atomic mass is 19.1. The number of amides is 2. The van der Waals surface area contributed by atoms with Crippen LogP contribution in [0.4, 0.5) is 4.39 Å². The van der Waals surface area contributed by atoms with Gasteiger partial charge in [0.05, 0.1) is 0 Å². The van der Waals surface area contributed by atoms with E-state index in [1.807, 2.05) is 0 Å². The van der Waals surface area contributed by atoms with Gasteiger partial charge in [0.15, 0.2) is 5.69 Å². The van der Waals surface area contributed by atoms with Crippen molar-refractivity contribution in [1.82, 2.24) is 24.9 Å². The zero-order valence-corrected chi connectivity index (χ0v) is 17.1. The van der Waals surface area contributed by atoms with Crippen molar-refractivity contribution in [2.75, 3.05) is 32.7 Å². The number of halogens is 1. The summed E-state index contributed by atoms with van der Waals surface area (Å²) in [5, 5.41) is 7.29. The molecule has 1 aromatic carbocycles. The minimum absolute atomic E-state index is 0.184. The number of aryl methyl sites for hydroxylation is 1.